The Morgan fingerprint density at radius 3 is 2.91 bits per heavy atom. The minimum Gasteiger partial charge on any atom is -0.383 e. The quantitative estimate of drug-likeness (QED) is 0.568. The highest BCUT2D eigenvalue weighted by Crippen LogP contribution is 2.26. The summed E-state index contributed by atoms with van der Waals surface area (Å²) in [6, 6.07) is 11.0. The first-order valence-electron chi connectivity index (χ1n) is 10.7. The highest BCUT2D eigenvalue weighted by molar-refractivity contribution is 6.06. The monoisotopic (exact) mass is 437 g/mol. The Hall–Kier alpha value is -3.30. The van der Waals surface area contributed by atoms with Crippen LogP contribution in [-0.4, -0.2) is 71.4 Å². The van der Waals surface area contributed by atoms with Crippen LogP contribution < -0.4 is 5.32 Å². The van der Waals surface area contributed by atoms with Crippen molar-refractivity contribution in [3.05, 3.63) is 59.5 Å². The second kappa shape index (κ2) is 9.88. The third-order valence-electron chi connectivity index (χ3n) is 5.44. The molecule has 0 radical (unpaired) electrons. The van der Waals surface area contributed by atoms with Gasteiger partial charge in [-0.15, -0.1) is 0 Å². The first kappa shape index (κ1) is 21.9. The van der Waals surface area contributed by atoms with E-state index in [0.29, 0.717) is 61.9 Å². The van der Waals surface area contributed by atoms with Gasteiger partial charge in [0, 0.05) is 38.3 Å². The summed E-state index contributed by atoms with van der Waals surface area (Å²) in [5.41, 5.74) is 2.26. The number of pyridine rings is 1. The number of hydrogen-bond donors (Lipinski definition) is 1. The van der Waals surface area contributed by atoms with Gasteiger partial charge in [-0.25, -0.2) is 4.98 Å². The zero-order chi connectivity index (χ0) is 22.5. The van der Waals surface area contributed by atoms with Gasteiger partial charge in [-0.05, 0) is 25.1 Å². The number of fused-ring (bicyclic) bond motifs is 1. The molecule has 4 rings (SSSR count). The standard InChI is InChI=1S/C23H27N5O4/c1-3-28-10-8-19(26-28)23(30)27-11-13-32-21(15-27)20-14-17(22(29)24-9-12-31-2)16-6-4-5-7-18(16)25-20/h4-8,10,14,21H,3,9,11-13,15H2,1-2H3,(H,24,29)/t21-/m0/s1. The smallest absolute Gasteiger partial charge is 0.274 e. The molecule has 1 aliphatic rings. The van der Waals surface area contributed by atoms with Crippen molar-refractivity contribution in [3.63, 3.8) is 0 Å². The predicted molar refractivity (Wildman–Crippen MR) is 118 cm³/mol. The van der Waals surface area contributed by atoms with E-state index in [9.17, 15) is 9.59 Å². The number of methoxy groups -OCH3 is 1. The molecular weight excluding hydrogens is 410 g/mol. The molecule has 0 spiro atoms. The van der Waals surface area contributed by atoms with Crippen LogP contribution in [0.3, 0.4) is 0 Å². The molecule has 2 aromatic heterocycles. The van der Waals surface area contributed by atoms with Gasteiger partial charge in [0.15, 0.2) is 0 Å². The molecule has 9 nitrogen and oxygen atoms in total. The number of nitrogens with zero attached hydrogens (tertiary/aromatic N) is 4. The van der Waals surface area contributed by atoms with Crippen LogP contribution in [0.5, 0.6) is 0 Å². The molecule has 0 aliphatic carbocycles. The van der Waals surface area contributed by atoms with Gasteiger partial charge in [0.25, 0.3) is 11.8 Å². The third-order valence-corrected chi connectivity index (χ3v) is 5.44. The van der Waals surface area contributed by atoms with E-state index in [1.807, 2.05) is 31.2 Å². The Kier molecular flexibility index (Phi) is 6.77. The van der Waals surface area contributed by atoms with E-state index in [4.69, 9.17) is 14.5 Å². The molecular formula is C23H27N5O4. The summed E-state index contributed by atoms with van der Waals surface area (Å²) in [6.45, 7) is 4.72. The minimum atomic E-state index is -0.434. The zero-order valence-electron chi connectivity index (χ0n) is 18.3. The summed E-state index contributed by atoms with van der Waals surface area (Å²) in [6.07, 6.45) is 1.36. The Morgan fingerprint density at radius 2 is 2.12 bits per heavy atom. The van der Waals surface area contributed by atoms with Crippen LogP contribution in [0.1, 0.15) is 39.6 Å². The molecule has 32 heavy (non-hydrogen) atoms. The number of morpholine rings is 1. The summed E-state index contributed by atoms with van der Waals surface area (Å²) >= 11 is 0. The fourth-order valence-corrected chi connectivity index (χ4v) is 3.74. The molecule has 1 fully saturated rings. The lowest BCUT2D eigenvalue weighted by molar-refractivity contribution is -0.0248. The highest BCUT2D eigenvalue weighted by Gasteiger charge is 2.29. The van der Waals surface area contributed by atoms with E-state index in [2.05, 4.69) is 10.4 Å². The van der Waals surface area contributed by atoms with Crippen molar-refractivity contribution in [1.29, 1.82) is 0 Å². The summed E-state index contributed by atoms with van der Waals surface area (Å²) in [4.78, 5) is 32.2. The molecule has 168 valence electrons. The first-order valence-corrected chi connectivity index (χ1v) is 10.7. The lowest BCUT2D eigenvalue weighted by Crippen LogP contribution is -2.42. The minimum absolute atomic E-state index is 0.135. The number of aryl methyl sites for hydroxylation is 1. The molecule has 3 aromatic rings. The van der Waals surface area contributed by atoms with E-state index in [0.717, 1.165) is 5.39 Å². The Labute approximate surface area is 186 Å². The zero-order valence-corrected chi connectivity index (χ0v) is 18.3. The van der Waals surface area contributed by atoms with Crippen LogP contribution in [-0.2, 0) is 16.0 Å². The van der Waals surface area contributed by atoms with Gasteiger partial charge in [0.1, 0.15) is 11.8 Å². The van der Waals surface area contributed by atoms with E-state index in [-0.39, 0.29) is 11.8 Å². The number of carbonyl (C=O) groups excluding carboxylic acids is 2. The summed E-state index contributed by atoms with van der Waals surface area (Å²) in [7, 11) is 1.59. The third kappa shape index (κ3) is 4.63. The number of ether oxygens (including phenoxy) is 2. The van der Waals surface area contributed by atoms with Crippen LogP contribution in [0.4, 0.5) is 0 Å². The maximum absolute atomic E-state index is 12.9. The van der Waals surface area contributed by atoms with Crippen LogP contribution in [0.15, 0.2) is 42.6 Å². The van der Waals surface area contributed by atoms with E-state index < -0.39 is 6.10 Å². The normalized spacial score (nSPS) is 16.3. The Bertz CT molecular complexity index is 1110. The van der Waals surface area contributed by atoms with Gasteiger partial charge in [-0.3, -0.25) is 14.3 Å². The molecule has 1 aliphatic heterocycles. The number of rotatable bonds is 7. The second-order valence-corrected chi connectivity index (χ2v) is 7.53. The molecule has 1 saturated heterocycles. The fourth-order valence-electron chi connectivity index (χ4n) is 3.74. The summed E-state index contributed by atoms with van der Waals surface area (Å²) < 4.78 is 12.7. The summed E-state index contributed by atoms with van der Waals surface area (Å²) in [5, 5.41) is 7.96. The van der Waals surface area contributed by atoms with E-state index in [1.54, 1.807) is 35.0 Å². The van der Waals surface area contributed by atoms with Crippen molar-refractivity contribution < 1.29 is 19.1 Å². The number of amides is 2. The van der Waals surface area contributed by atoms with Gasteiger partial charge in [0.2, 0.25) is 0 Å². The van der Waals surface area contributed by atoms with Crippen LogP contribution in [0.2, 0.25) is 0 Å². The van der Waals surface area contributed by atoms with Crippen LogP contribution in [0, 0.1) is 0 Å². The molecule has 1 N–H and O–H groups in total. The number of carbonyl (C=O) groups is 2. The van der Waals surface area contributed by atoms with Gasteiger partial charge in [0.05, 0.1) is 36.5 Å². The van der Waals surface area contributed by atoms with Gasteiger partial charge in [-0.2, -0.15) is 5.10 Å². The van der Waals surface area contributed by atoms with E-state index >= 15 is 0 Å². The van der Waals surface area contributed by atoms with Crippen molar-refractivity contribution >= 4 is 22.7 Å². The maximum Gasteiger partial charge on any atom is 0.274 e. The van der Waals surface area contributed by atoms with E-state index in [1.165, 1.54) is 0 Å². The van der Waals surface area contributed by atoms with Crippen molar-refractivity contribution in [2.24, 2.45) is 0 Å². The molecule has 9 heteroatoms. The van der Waals surface area contributed by atoms with Gasteiger partial charge in [-0.1, -0.05) is 18.2 Å². The molecule has 1 atom stereocenters. The fraction of sp³-hybridized carbons (Fsp3) is 0.391. The average molecular weight is 438 g/mol. The predicted octanol–water partition coefficient (Wildman–Crippen LogP) is 2.04. The number of hydrogen-bond acceptors (Lipinski definition) is 6. The Balaban J connectivity index is 1.59. The SMILES string of the molecule is CCn1ccc(C(=O)N2CCO[C@H](c3cc(C(=O)NCCOC)c4ccccc4n3)C2)n1. The van der Waals surface area contributed by atoms with Gasteiger partial charge >= 0.3 is 0 Å². The average Bonchev–Trinajstić information content (AvgIpc) is 3.32. The van der Waals surface area contributed by atoms with Crippen molar-refractivity contribution in [2.45, 2.75) is 19.6 Å². The molecule has 0 unspecified atom stereocenters. The van der Waals surface area contributed by atoms with Crippen LogP contribution in [0.25, 0.3) is 10.9 Å². The maximum atomic E-state index is 12.9. The van der Waals surface area contributed by atoms with Gasteiger partial charge < -0.3 is 19.7 Å². The first-order chi connectivity index (χ1) is 15.6. The number of aromatic nitrogens is 3. The molecule has 3 heterocycles. The van der Waals surface area contributed by atoms with Crippen molar-refractivity contribution in [2.75, 3.05) is 40.0 Å². The second-order valence-electron chi connectivity index (χ2n) is 7.53. The topological polar surface area (TPSA) is 98.6 Å². The lowest BCUT2D eigenvalue weighted by Gasteiger charge is -2.32. The largest absolute Gasteiger partial charge is 0.383 e. The van der Waals surface area contributed by atoms with Crippen LogP contribution >= 0.6 is 0 Å². The molecule has 1 aromatic carbocycles. The molecule has 0 bridgehead atoms. The number of nitrogens with one attached hydrogen (secondary N) is 1. The van der Waals surface area contributed by atoms with Crippen molar-refractivity contribution in [3.8, 4) is 0 Å². The summed E-state index contributed by atoms with van der Waals surface area (Å²) in [5.74, 6) is -0.334. The molecule has 0 saturated carbocycles. The number of para-hydroxylation sites is 1. The highest BCUT2D eigenvalue weighted by atomic mass is 16.5. The van der Waals surface area contributed by atoms with Crippen molar-refractivity contribution in [1.82, 2.24) is 25.0 Å². The Morgan fingerprint density at radius 1 is 1.28 bits per heavy atom. The number of benzene rings is 1. The molecule has 2 amide bonds. The lowest BCUT2D eigenvalue weighted by atomic mass is 10.0.